The molecule has 5 heteroatoms. The number of carbonyl (C=O) groups is 1. The van der Waals surface area contributed by atoms with E-state index in [-0.39, 0.29) is 12.1 Å². The fourth-order valence-electron chi connectivity index (χ4n) is 5.83. The van der Waals surface area contributed by atoms with Crippen molar-refractivity contribution in [1.82, 2.24) is 16.1 Å². The van der Waals surface area contributed by atoms with Crippen LogP contribution in [0.1, 0.15) is 77.6 Å². The summed E-state index contributed by atoms with van der Waals surface area (Å²) in [6, 6.07) is 0.451. The first-order chi connectivity index (χ1) is 12.2. The van der Waals surface area contributed by atoms with Crippen LogP contribution in [0.5, 0.6) is 0 Å². The highest BCUT2D eigenvalue weighted by atomic mass is 16.7. The Morgan fingerprint density at radius 1 is 1.04 bits per heavy atom. The van der Waals surface area contributed by atoms with Gasteiger partial charge in [0.1, 0.15) is 6.23 Å². The smallest absolute Gasteiger partial charge is 0.223 e. The van der Waals surface area contributed by atoms with Crippen LogP contribution in [-0.4, -0.2) is 24.3 Å². The van der Waals surface area contributed by atoms with Gasteiger partial charge in [0, 0.05) is 12.0 Å². The van der Waals surface area contributed by atoms with Crippen LogP contribution >= 0.6 is 0 Å². The molecule has 6 atom stereocenters. The summed E-state index contributed by atoms with van der Waals surface area (Å²) >= 11 is 0. The summed E-state index contributed by atoms with van der Waals surface area (Å²) in [6.07, 6.45) is 13.7. The quantitative estimate of drug-likeness (QED) is 0.730. The maximum absolute atomic E-state index is 12.8. The van der Waals surface area contributed by atoms with Gasteiger partial charge in [-0.05, 0) is 69.1 Å². The van der Waals surface area contributed by atoms with Crippen LogP contribution in [0.15, 0.2) is 0 Å². The second-order valence-corrected chi connectivity index (χ2v) is 8.80. The number of hydroxylamine groups is 1. The number of nitrogens with one attached hydrogen (secondary N) is 3. The van der Waals surface area contributed by atoms with Crippen LogP contribution in [0.4, 0.5) is 0 Å². The molecule has 1 heterocycles. The van der Waals surface area contributed by atoms with E-state index < -0.39 is 0 Å². The first-order valence-corrected chi connectivity index (χ1v) is 10.7. The zero-order chi connectivity index (χ0) is 17.2. The van der Waals surface area contributed by atoms with Crippen LogP contribution in [0.2, 0.25) is 0 Å². The Morgan fingerprint density at radius 3 is 2.60 bits per heavy atom. The van der Waals surface area contributed by atoms with Gasteiger partial charge in [-0.15, -0.1) is 0 Å². The summed E-state index contributed by atoms with van der Waals surface area (Å²) in [5.41, 5.74) is 3.20. The van der Waals surface area contributed by atoms with Crippen molar-refractivity contribution in [3.8, 4) is 0 Å². The largest absolute Gasteiger partial charge is 0.353 e. The molecule has 4 rings (SSSR count). The van der Waals surface area contributed by atoms with Crippen molar-refractivity contribution in [3.05, 3.63) is 0 Å². The van der Waals surface area contributed by atoms with Crippen LogP contribution in [0, 0.1) is 23.7 Å². The summed E-state index contributed by atoms with van der Waals surface area (Å²) < 4.78 is 0. The Labute approximate surface area is 152 Å². The van der Waals surface area contributed by atoms with Gasteiger partial charge in [0.2, 0.25) is 5.91 Å². The van der Waals surface area contributed by atoms with Crippen molar-refractivity contribution >= 4 is 5.91 Å². The molecular formula is C20H35N3O2. The number of hydrogen-bond donors (Lipinski definition) is 3. The summed E-state index contributed by atoms with van der Waals surface area (Å²) in [6.45, 7) is 2.14. The lowest BCUT2D eigenvalue weighted by atomic mass is 9.72. The van der Waals surface area contributed by atoms with Crippen molar-refractivity contribution in [2.24, 2.45) is 23.7 Å². The van der Waals surface area contributed by atoms with Gasteiger partial charge < -0.3 is 5.32 Å². The average Bonchev–Trinajstić information content (AvgIpc) is 3.29. The van der Waals surface area contributed by atoms with Gasteiger partial charge in [0.05, 0.1) is 6.17 Å². The first kappa shape index (κ1) is 17.7. The lowest BCUT2D eigenvalue weighted by molar-refractivity contribution is -0.127. The zero-order valence-electron chi connectivity index (χ0n) is 15.6. The Hall–Kier alpha value is -0.650. The number of amides is 1. The molecule has 0 spiro atoms. The third-order valence-electron chi connectivity index (χ3n) is 7.28. The predicted molar refractivity (Wildman–Crippen MR) is 97.3 cm³/mol. The van der Waals surface area contributed by atoms with Crippen molar-refractivity contribution in [3.63, 3.8) is 0 Å². The van der Waals surface area contributed by atoms with Gasteiger partial charge >= 0.3 is 0 Å². The SMILES string of the molecule is CCC1NC(C2CCC3C(CC[C@@H]3C(=O)NC3CCCCC3)C2)NO1. The minimum Gasteiger partial charge on any atom is -0.353 e. The van der Waals surface area contributed by atoms with Gasteiger partial charge in [0.15, 0.2) is 0 Å². The van der Waals surface area contributed by atoms with Crippen molar-refractivity contribution in [1.29, 1.82) is 0 Å². The molecule has 4 aliphatic rings. The van der Waals surface area contributed by atoms with E-state index in [4.69, 9.17) is 4.84 Å². The van der Waals surface area contributed by atoms with Gasteiger partial charge in [-0.1, -0.05) is 26.2 Å². The molecule has 3 N–H and O–H groups in total. The molecule has 0 radical (unpaired) electrons. The fraction of sp³-hybridized carbons (Fsp3) is 0.950. The number of rotatable bonds is 4. The van der Waals surface area contributed by atoms with E-state index in [1.807, 2.05) is 0 Å². The molecule has 1 saturated heterocycles. The lowest BCUT2D eigenvalue weighted by Gasteiger charge is -2.36. The van der Waals surface area contributed by atoms with E-state index in [1.54, 1.807) is 0 Å². The van der Waals surface area contributed by atoms with E-state index in [9.17, 15) is 4.79 Å². The fourth-order valence-corrected chi connectivity index (χ4v) is 5.83. The molecule has 1 aliphatic heterocycles. The van der Waals surface area contributed by atoms with E-state index in [2.05, 4.69) is 23.0 Å². The Balaban J connectivity index is 1.29. The summed E-state index contributed by atoms with van der Waals surface area (Å²) in [7, 11) is 0. The second kappa shape index (κ2) is 7.93. The molecule has 0 aromatic heterocycles. The lowest BCUT2D eigenvalue weighted by Crippen LogP contribution is -2.45. The van der Waals surface area contributed by atoms with E-state index >= 15 is 0 Å². The number of fused-ring (bicyclic) bond motifs is 1. The van der Waals surface area contributed by atoms with Crippen LogP contribution in [0.25, 0.3) is 0 Å². The Bertz CT molecular complexity index is 466. The maximum atomic E-state index is 12.8. The Morgan fingerprint density at radius 2 is 1.84 bits per heavy atom. The zero-order valence-corrected chi connectivity index (χ0v) is 15.6. The predicted octanol–water partition coefficient (Wildman–Crippen LogP) is 3.06. The first-order valence-electron chi connectivity index (χ1n) is 10.7. The summed E-state index contributed by atoms with van der Waals surface area (Å²) in [5, 5.41) is 6.96. The van der Waals surface area contributed by atoms with Gasteiger partial charge in [-0.3, -0.25) is 14.9 Å². The topological polar surface area (TPSA) is 62.4 Å². The third-order valence-corrected chi connectivity index (χ3v) is 7.28. The molecule has 1 amide bonds. The van der Waals surface area contributed by atoms with E-state index in [0.717, 1.165) is 18.8 Å². The highest BCUT2D eigenvalue weighted by Gasteiger charge is 2.45. The molecule has 142 valence electrons. The molecular weight excluding hydrogens is 314 g/mol. The normalized spacial score (nSPS) is 42.3. The van der Waals surface area contributed by atoms with E-state index in [1.165, 1.54) is 57.8 Å². The molecule has 5 unspecified atom stereocenters. The maximum Gasteiger partial charge on any atom is 0.223 e. The highest BCUT2D eigenvalue weighted by Crippen LogP contribution is 2.48. The molecule has 4 fully saturated rings. The third kappa shape index (κ3) is 3.88. The van der Waals surface area contributed by atoms with Gasteiger partial charge in [0.25, 0.3) is 0 Å². The van der Waals surface area contributed by atoms with Crippen LogP contribution in [-0.2, 0) is 9.63 Å². The number of hydrogen-bond acceptors (Lipinski definition) is 4. The van der Waals surface area contributed by atoms with E-state index in [0.29, 0.717) is 30.0 Å². The number of carbonyl (C=O) groups excluding carboxylic acids is 1. The summed E-state index contributed by atoms with van der Waals surface area (Å²) in [4.78, 5) is 18.4. The van der Waals surface area contributed by atoms with Crippen LogP contribution in [0.3, 0.4) is 0 Å². The van der Waals surface area contributed by atoms with Gasteiger partial charge in [-0.2, -0.15) is 5.48 Å². The van der Waals surface area contributed by atoms with Crippen molar-refractivity contribution in [2.75, 3.05) is 0 Å². The monoisotopic (exact) mass is 349 g/mol. The molecule has 25 heavy (non-hydrogen) atoms. The van der Waals surface area contributed by atoms with Crippen LogP contribution < -0.4 is 16.1 Å². The molecule has 0 bridgehead atoms. The molecule has 3 aliphatic carbocycles. The molecule has 5 nitrogen and oxygen atoms in total. The minimum atomic E-state index is 0.153. The van der Waals surface area contributed by atoms with Gasteiger partial charge in [-0.25, -0.2) is 0 Å². The molecule has 3 saturated carbocycles. The van der Waals surface area contributed by atoms with Crippen molar-refractivity contribution < 1.29 is 9.63 Å². The average molecular weight is 350 g/mol. The highest BCUT2D eigenvalue weighted by molar-refractivity contribution is 5.79. The summed E-state index contributed by atoms with van der Waals surface area (Å²) in [5.74, 6) is 2.62. The Kier molecular flexibility index (Phi) is 5.63. The molecule has 0 aromatic carbocycles. The second-order valence-electron chi connectivity index (χ2n) is 8.80. The molecule has 0 aromatic rings. The standard InChI is InChI=1S/C20H35N3O2/c1-2-18-22-19(23-25-18)14-9-10-16-13(12-14)8-11-17(16)20(24)21-15-6-4-3-5-7-15/h13-19,22-23H,2-12H2,1H3,(H,21,24)/t13?,14?,16?,17-,18?,19?/m0/s1. The van der Waals surface area contributed by atoms with Crippen molar-refractivity contribution in [2.45, 2.75) is 96.0 Å². The minimum absolute atomic E-state index is 0.153.